The van der Waals surface area contributed by atoms with Gasteiger partial charge in [-0.1, -0.05) is 31.2 Å². The number of methoxy groups -OCH3 is 1. The van der Waals surface area contributed by atoms with E-state index in [9.17, 15) is 14.7 Å². The summed E-state index contributed by atoms with van der Waals surface area (Å²) in [6.07, 6.45) is 0.719. The van der Waals surface area contributed by atoms with Gasteiger partial charge in [0, 0.05) is 12.1 Å². The monoisotopic (exact) mass is 379 g/mol. The fraction of sp³-hybridized carbons (Fsp3) is 0.304. The average molecular weight is 379 g/mol. The molecule has 1 N–H and O–H groups in total. The van der Waals surface area contributed by atoms with Crippen LogP contribution in [-0.2, 0) is 9.59 Å². The molecule has 146 valence electrons. The van der Waals surface area contributed by atoms with Gasteiger partial charge in [0.2, 0.25) is 0 Å². The molecule has 3 rings (SSSR count). The van der Waals surface area contributed by atoms with Crippen molar-refractivity contribution in [2.75, 3.05) is 13.7 Å². The van der Waals surface area contributed by atoms with E-state index in [2.05, 4.69) is 0 Å². The number of aliphatic hydroxyl groups is 1. The van der Waals surface area contributed by atoms with Gasteiger partial charge in [-0.3, -0.25) is 9.59 Å². The van der Waals surface area contributed by atoms with Gasteiger partial charge in [-0.15, -0.1) is 0 Å². The molecule has 1 atom stereocenters. The lowest BCUT2D eigenvalue weighted by Crippen LogP contribution is -2.30. The Labute approximate surface area is 165 Å². The highest BCUT2D eigenvalue weighted by atomic mass is 16.5. The number of ether oxygens (including phenoxy) is 1. The number of carbonyl (C=O) groups is 2. The minimum Gasteiger partial charge on any atom is -0.507 e. The van der Waals surface area contributed by atoms with E-state index >= 15 is 0 Å². The second kappa shape index (κ2) is 7.89. The van der Waals surface area contributed by atoms with Crippen LogP contribution in [0.15, 0.2) is 48.0 Å². The number of rotatable bonds is 5. The van der Waals surface area contributed by atoms with E-state index in [1.165, 1.54) is 0 Å². The Morgan fingerprint density at radius 1 is 1.11 bits per heavy atom. The first-order valence-electron chi connectivity index (χ1n) is 9.39. The van der Waals surface area contributed by atoms with Gasteiger partial charge in [0.15, 0.2) is 0 Å². The minimum atomic E-state index is -0.644. The summed E-state index contributed by atoms with van der Waals surface area (Å²) < 4.78 is 5.22. The van der Waals surface area contributed by atoms with Crippen molar-refractivity contribution in [3.8, 4) is 5.75 Å². The standard InChI is InChI=1S/C23H25NO4/c1-5-12-24-20(17-9-7-6-8-14(17)2)19(22(26)23(24)27)21(25)18-11-10-16(28-4)13-15(18)3/h6-11,13,20,25H,5,12H2,1-4H3/b21-19+. The lowest BCUT2D eigenvalue weighted by atomic mass is 9.91. The van der Waals surface area contributed by atoms with E-state index in [1.807, 2.05) is 45.0 Å². The highest BCUT2D eigenvalue weighted by Gasteiger charge is 2.46. The van der Waals surface area contributed by atoms with Gasteiger partial charge < -0.3 is 14.7 Å². The molecule has 1 fully saturated rings. The first-order chi connectivity index (χ1) is 13.4. The van der Waals surface area contributed by atoms with Gasteiger partial charge in [0.05, 0.1) is 18.7 Å². The Morgan fingerprint density at radius 3 is 2.43 bits per heavy atom. The van der Waals surface area contributed by atoms with Crippen LogP contribution in [0.2, 0.25) is 0 Å². The molecule has 1 amide bonds. The average Bonchev–Trinajstić information content (AvgIpc) is 2.93. The molecule has 2 aromatic rings. The topological polar surface area (TPSA) is 66.8 Å². The van der Waals surface area contributed by atoms with Crippen molar-refractivity contribution in [2.45, 2.75) is 33.2 Å². The van der Waals surface area contributed by atoms with E-state index in [4.69, 9.17) is 4.74 Å². The van der Waals surface area contributed by atoms with Crippen molar-refractivity contribution >= 4 is 17.4 Å². The molecule has 0 spiro atoms. The van der Waals surface area contributed by atoms with Crippen molar-refractivity contribution < 1.29 is 19.4 Å². The Balaban J connectivity index is 2.23. The summed E-state index contributed by atoms with van der Waals surface area (Å²) >= 11 is 0. The van der Waals surface area contributed by atoms with Crippen molar-refractivity contribution in [2.24, 2.45) is 0 Å². The zero-order chi connectivity index (χ0) is 20.4. The molecule has 5 nitrogen and oxygen atoms in total. The van der Waals surface area contributed by atoms with Crippen LogP contribution in [0.25, 0.3) is 5.76 Å². The highest BCUT2D eigenvalue weighted by molar-refractivity contribution is 6.46. The first-order valence-corrected chi connectivity index (χ1v) is 9.39. The zero-order valence-electron chi connectivity index (χ0n) is 16.7. The quantitative estimate of drug-likeness (QED) is 0.482. The van der Waals surface area contributed by atoms with Crippen LogP contribution in [0.3, 0.4) is 0 Å². The van der Waals surface area contributed by atoms with Gasteiger partial charge in [-0.05, 0) is 55.2 Å². The summed E-state index contributed by atoms with van der Waals surface area (Å²) in [5.74, 6) is -0.696. The molecule has 2 aromatic carbocycles. The third-order valence-corrected chi connectivity index (χ3v) is 5.18. The summed E-state index contributed by atoms with van der Waals surface area (Å²) in [5.41, 5.74) is 3.24. The number of ketones is 1. The molecule has 0 bridgehead atoms. The molecule has 0 radical (unpaired) electrons. The molecule has 28 heavy (non-hydrogen) atoms. The number of benzene rings is 2. The first kappa shape index (κ1) is 19.7. The number of hydrogen-bond acceptors (Lipinski definition) is 4. The Morgan fingerprint density at radius 2 is 1.82 bits per heavy atom. The SMILES string of the molecule is CCCN1C(=O)C(=O)/C(=C(/O)c2ccc(OC)cc2C)C1c1ccccc1C. The lowest BCUT2D eigenvalue weighted by Gasteiger charge is -2.26. The highest BCUT2D eigenvalue weighted by Crippen LogP contribution is 2.41. The third-order valence-electron chi connectivity index (χ3n) is 5.18. The fourth-order valence-electron chi connectivity index (χ4n) is 3.74. The van der Waals surface area contributed by atoms with Crippen LogP contribution in [0.5, 0.6) is 5.75 Å². The molecule has 5 heteroatoms. The minimum absolute atomic E-state index is 0.140. The van der Waals surface area contributed by atoms with Crippen molar-refractivity contribution in [1.29, 1.82) is 0 Å². The van der Waals surface area contributed by atoms with Crippen molar-refractivity contribution in [1.82, 2.24) is 4.90 Å². The molecule has 1 heterocycles. The maximum absolute atomic E-state index is 12.9. The maximum atomic E-state index is 12.9. The number of likely N-dealkylation sites (tertiary alicyclic amines) is 1. The second-order valence-electron chi connectivity index (χ2n) is 7.03. The number of Topliss-reactive ketones (excluding diaryl/α,β-unsaturated/α-hetero) is 1. The fourth-order valence-corrected chi connectivity index (χ4v) is 3.74. The number of aliphatic hydroxyl groups excluding tert-OH is 1. The Kier molecular flexibility index (Phi) is 5.54. The maximum Gasteiger partial charge on any atom is 0.295 e. The summed E-state index contributed by atoms with van der Waals surface area (Å²) in [7, 11) is 1.57. The number of aryl methyl sites for hydroxylation is 2. The molecule has 0 saturated carbocycles. The Hall–Kier alpha value is -3.08. The molecule has 0 aromatic heterocycles. The van der Waals surface area contributed by atoms with Gasteiger partial charge in [-0.2, -0.15) is 0 Å². The van der Waals surface area contributed by atoms with Crippen molar-refractivity contribution in [3.63, 3.8) is 0 Å². The van der Waals surface area contributed by atoms with Gasteiger partial charge >= 0.3 is 0 Å². The molecule has 0 aliphatic carbocycles. The van der Waals surface area contributed by atoms with Gasteiger partial charge in [0.1, 0.15) is 11.5 Å². The molecule has 1 saturated heterocycles. The summed E-state index contributed by atoms with van der Waals surface area (Å²) in [5, 5.41) is 11.1. The number of nitrogens with zero attached hydrogens (tertiary/aromatic N) is 1. The number of carbonyl (C=O) groups excluding carboxylic acids is 2. The third kappa shape index (κ3) is 3.28. The largest absolute Gasteiger partial charge is 0.507 e. The van der Waals surface area contributed by atoms with E-state index in [1.54, 1.807) is 30.2 Å². The van der Waals surface area contributed by atoms with E-state index in [-0.39, 0.29) is 11.3 Å². The van der Waals surface area contributed by atoms with Crippen LogP contribution in [0.1, 0.15) is 41.6 Å². The predicted octanol–water partition coefficient (Wildman–Crippen LogP) is 4.14. The van der Waals surface area contributed by atoms with E-state index < -0.39 is 17.7 Å². The molecular weight excluding hydrogens is 354 g/mol. The van der Waals surface area contributed by atoms with E-state index in [0.717, 1.165) is 23.1 Å². The van der Waals surface area contributed by atoms with Gasteiger partial charge in [0.25, 0.3) is 11.7 Å². The zero-order valence-corrected chi connectivity index (χ0v) is 16.7. The van der Waals surface area contributed by atoms with Crippen LogP contribution in [0.4, 0.5) is 0 Å². The van der Waals surface area contributed by atoms with Gasteiger partial charge in [-0.25, -0.2) is 0 Å². The van der Waals surface area contributed by atoms with Crippen molar-refractivity contribution in [3.05, 3.63) is 70.3 Å². The van der Waals surface area contributed by atoms with Crippen LogP contribution in [-0.4, -0.2) is 35.4 Å². The number of hydrogen-bond donors (Lipinski definition) is 1. The van der Waals surface area contributed by atoms with Crippen LogP contribution in [0, 0.1) is 13.8 Å². The second-order valence-corrected chi connectivity index (χ2v) is 7.03. The van der Waals surface area contributed by atoms with Crippen LogP contribution >= 0.6 is 0 Å². The molecular formula is C23H25NO4. The molecule has 1 aliphatic heterocycles. The summed E-state index contributed by atoms with van der Waals surface area (Å²) in [6, 6.07) is 12.3. The summed E-state index contributed by atoms with van der Waals surface area (Å²) in [4.78, 5) is 27.2. The lowest BCUT2D eigenvalue weighted by molar-refractivity contribution is -0.139. The smallest absolute Gasteiger partial charge is 0.295 e. The van der Waals surface area contributed by atoms with Crippen LogP contribution < -0.4 is 4.74 Å². The number of amides is 1. The molecule has 1 unspecified atom stereocenters. The predicted molar refractivity (Wildman–Crippen MR) is 108 cm³/mol. The normalized spacial score (nSPS) is 18.6. The van der Waals surface area contributed by atoms with E-state index in [0.29, 0.717) is 17.9 Å². The molecule has 1 aliphatic rings. The summed E-state index contributed by atoms with van der Waals surface area (Å²) in [6.45, 7) is 6.19. The Bertz CT molecular complexity index is 961.